The Morgan fingerprint density at radius 2 is 0.631 bits per heavy atom. The summed E-state index contributed by atoms with van der Waals surface area (Å²) < 4.78 is 16.7. The summed E-state index contributed by atoms with van der Waals surface area (Å²) in [6, 6.07) is 0. The van der Waals surface area contributed by atoms with E-state index in [1.807, 2.05) is 6.08 Å². The summed E-state index contributed by atoms with van der Waals surface area (Å²) in [4.78, 5) is 38.0. The number of ether oxygens (including phenoxy) is 3. The first-order chi connectivity index (χ1) is 32.0. The van der Waals surface area contributed by atoms with Gasteiger partial charge in [0.15, 0.2) is 6.10 Å². The molecule has 6 heteroatoms. The van der Waals surface area contributed by atoms with E-state index in [9.17, 15) is 14.4 Å². The minimum Gasteiger partial charge on any atom is -0.462 e. The highest BCUT2D eigenvalue weighted by Gasteiger charge is 2.19. The molecular weight excluding hydrogens is 805 g/mol. The summed E-state index contributed by atoms with van der Waals surface area (Å²) in [5.74, 6) is -0.994. The van der Waals surface area contributed by atoms with E-state index in [0.29, 0.717) is 19.3 Å². The Morgan fingerprint density at radius 1 is 0.323 bits per heavy atom. The Morgan fingerprint density at radius 3 is 1.05 bits per heavy atom. The number of carbonyl (C=O) groups excluding carboxylic acids is 3. The largest absolute Gasteiger partial charge is 0.462 e. The second-order valence-electron chi connectivity index (χ2n) is 17.8. The van der Waals surface area contributed by atoms with E-state index in [4.69, 9.17) is 14.2 Å². The highest BCUT2D eigenvalue weighted by molar-refractivity contribution is 5.71. The summed E-state index contributed by atoms with van der Waals surface area (Å²) in [5.41, 5.74) is 0. The van der Waals surface area contributed by atoms with Gasteiger partial charge in [0, 0.05) is 19.3 Å². The van der Waals surface area contributed by atoms with Crippen molar-refractivity contribution in [3.8, 4) is 0 Å². The average Bonchev–Trinajstić information content (AvgIpc) is 3.30. The van der Waals surface area contributed by atoms with E-state index < -0.39 is 6.10 Å². The van der Waals surface area contributed by atoms with Gasteiger partial charge in [-0.1, -0.05) is 234 Å². The van der Waals surface area contributed by atoms with Gasteiger partial charge in [0.2, 0.25) is 0 Å². The fourth-order valence-electron chi connectivity index (χ4n) is 7.35. The molecule has 0 aromatic heterocycles. The summed E-state index contributed by atoms with van der Waals surface area (Å²) in [5, 5.41) is 0. The third-order valence-electron chi connectivity index (χ3n) is 11.4. The fourth-order valence-corrected chi connectivity index (χ4v) is 7.35. The molecule has 0 aromatic carbocycles. The lowest BCUT2D eigenvalue weighted by atomic mass is 10.0. The van der Waals surface area contributed by atoms with Crippen LogP contribution in [-0.4, -0.2) is 37.2 Å². The summed E-state index contributed by atoms with van der Waals surface area (Å²) in [6.07, 6.45) is 68.6. The SMILES string of the molecule is CC/C=C\C/C=C\C/C=C\C/C=C\C/C=C\C/C=C\CCC(=O)OC[C@H](COC(=O)CCCCCCC/C=C\CCCCCC)OC(=O)CCCCCCCCCCCCCCCCC. The van der Waals surface area contributed by atoms with Crippen LogP contribution in [0.25, 0.3) is 0 Å². The zero-order chi connectivity index (χ0) is 47.2. The number of hydrogen-bond donors (Lipinski definition) is 0. The van der Waals surface area contributed by atoms with Crippen molar-refractivity contribution in [1.82, 2.24) is 0 Å². The zero-order valence-corrected chi connectivity index (χ0v) is 42.5. The van der Waals surface area contributed by atoms with Gasteiger partial charge in [-0.05, 0) is 83.5 Å². The van der Waals surface area contributed by atoms with Gasteiger partial charge >= 0.3 is 17.9 Å². The van der Waals surface area contributed by atoms with Crippen LogP contribution in [0.3, 0.4) is 0 Å². The molecule has 0 heterocycles. The number of carbonyl (C=O) groups is 3. The summed E-state index contributed by atoms with van der Waals surface area (Å²) in [6.45, 7) is 6.45. The zero-order valence-electron chi connectivity index (χ0n) is 42.5. The van der Waals surface area contributed by atoms with Crippen molar-refractivity contribution in [2.45, 2.75) is 258 Å². The van der Waals surface area contributed by atoms with Crippen molar-refractivity contribution >= 4 is 17.9 Å². The number of hydrogen-bond acceptors (Lipinski definition) is 6. The van der Waals surface area contributed by atoms with Crippen molar-refractivity contribution in [2.75, 3.05) is 13.2 Å². The van der Waals surface area contributed by atoms with Crippen LogP contribution in [-0.2, 0) is 28.6 Å². The Balaban J connectivity index is 4.49. The Bertz CT molecular complexity index is 1270. The summed E-state index contributed by atoms with van der Waals surface area (Å²) >= 11 is 0. The topological polar surface area (TPSA) is 78.9 Å². The van der Waals surface area contributed by atoms with E-state index in [-0.39, 0.29) is 37.5 Å². The molecule has 0 aliphatic carbocycles. The van der Waals surface area contributed by atoms with Crippen molar-refractivity contribution in [3.63, 3.8) is 0 Å². The predicted molar refractivity (Wildman–Crippen MR) is 279 cm³/mol. The van der Waals surface area contributed by atoms with E-state index in [1.165, 1.54) is 116 Å². The second-order valence-corrected chi connectivity index (χ2v) is 17.8. The highest BCUT2D eigenvalue weighted by atomic mass is 16.6. The molecule has 0 aliphatic heterocycles. The molecular formula is C59H100O6. The predicted octanol–water partition coefficient (Wildman–Crippen LogP) is 18.0. The third-order valence-corrected chi connectivity index (χ3v) is 11.4. The van der Waals surface area contributed by atoms with Gasteiger partial charge in [-0.15, -0.1) is 0 Å². The van der Waals surface area contributed by atoms with Crippen LogP contribution in [0.4, 0.5) is 0 Å². The van der Waals surface area contributed by atoms with Crippen molar-refractivity contribution in [3.05, 3.63) is 85.1 Å². The van der Waals surface area contributed by atoms with Gasteiger partial charge in [-0.25, -0.2) is 0 Å². The van der Waals surface area contributed by atoms with Crippen molar-refractivity contribution < 1.29 is 28.6 Å². The normalized spacial score (nSPS) is 12.7. The maximum atomic E-state index is 12.8. The highest BCUT2D eigenvalue weighted by Crippen LogP contribution is 2.15. The van der Waals surface area contributed by atoms with Crippen LogP contribution >= 0.6 is 0 Å². The molecule has 0 saturated carbocycles. The Labute approximate surface area is 401 Å². The maximum Gasteiger partial charge on any atom is 0.306 e. The third kappa shape index (κ3) is 51.4. The lowest BCUT2D eigenvalue weighted by Crippen LogP contribution is -2.30. The van der Waals surface area contributed by atoms with E-state index in [1.54, 1.807) is 0 Å². The standard InChI is InChI=1S/C59H100O6/c1-4-7-10-13-16-19-22-25-27-28-29-30-32-34-37-40-43-46-49-52-58(61)64-55-56(54-63-57(60)51-48-45-42-39-36-33-24-21-18-15-12-9-6-3)65-59(62)53-50-47-44-41-38-35-31-26-23-20-17-14-11-8-5-2/h7,10,16,19,21,24-25,27,29-30,34,37,43,46,56H,4-6,8-9,11-15,17-18,20,22-23,26,28,31-33,35-36,38-42,44-45,47-55H2,1-3H3/b10-7-,19-16-,24-21-,27-25-,30-29-,37-34-,46-43-/t56-/m0/s1. The van der Waals surface area contributed by atoms with Crippen LogP contribution in [0.5, 0.6) is 0 Å². The molecule has 0 aromatic rings. The van der Waals surface area contributed by atoms with Crippen molar-refractivity contribution in [2.24, 2.45) is 0 Å². The monoisotopic (exact) mass is 905 g/mol. The molecule has 0 rings (SSSR count). The van der Waals surface area contributed by atoms with Crippen LogP contribution < -0.4 is 0 Å². The smallest absolute Gasteiger partial charge is 0.306 e. The van der Waals surface area contributed by atoms with Gasteiger partial charge < -0.3 is 14.2 Å². The van der Waals surface area contributed by atoms with Gasteiger partial charge in [0.1, 0.15) is 13.2 Å². The molecule has 6 nitrogen and oxygen atoms in total. The quantitative estimate of drug-likeness (QED) is 0.0262. The minimum atomic E-state index is -0.808. The molecule has 0 aliphatic rings. The van der Waals surface area contributed by atoms with Gasteiger partial charge in [0.05, 0.1) is 0 Å². The van der Waals surface area contributed by atoms with Gasteiger partial charge in [-0.2, -0.15) is 0 Å². The molecule has 0 saturated heterocycles. The molecule has 0 spiro atoms. The fraction of sp³-hybridized carbons (Fsp3) is 0.712. The second kappa shape index (κ2) is 53.2. The minimum absolute atomic E-state index is 0.103. The Kier molecular flexibility index (Phi) is 50.4. The van der Waals surface area contributed by atoms with Crippen LogP contribution in [0.15, 0.2) is 85.1 Å². The van der Waals surface area contributed by atoms with Crippen molar-refractivity contribution in [1.29, 1.82) is 0 Å². The van der Waals surface area contributed by atoms with Crippen LogP contribution in [0, 0.1) is 0 Å². The summed E-state index contributed by atoms with van der Waals surface area (Å²) in [7, 11) is 0. The number of esters is 3. The molecule has 0 N–H and O–H groups in total. The molecule has 0 amide bonds. The maximum absolute atomic E-state index is 12.8. The first kappa shape index (κ1) is 61.6. The lowest BCUT2D eigenvalue weighted by molar-refractivity contribution is -0.166. The number of rotatable bonds is 48. The van der Waals surface area contributed by atoms with Crippen LogP contribution in [0.1, 0.15) is 252 Å². The Hall–Kier alpha value is -3.41. The lowest BCUT2D eigenvalue weighted by Gasteiger charge is -2.18. The van der Waals surface area contributed by atoms with E-state index >= 15 is 0 Å². The molecule has 0 unspecified atom stereocenters. The molecule has 1 atom stereocenters. The number of allylic oxidation sites excluding steroid dienone is 14. The molecule has 0 radical (unpaired) electrons. The first-order valence-corrected chi connectivity index (χ1v) is 27.1. The first-order valence-electron chi connectivity index (χ1n) is 27.1. The van der Waals surface area contributed by atoms with E-state index in [0.717, 1.165) is 89.9 Å². The molecule has 0 bridgehead atoms. The molecule has 65 heavy (non-hydrogen) atoms. The van der Waals surface area contributed by atoms with Crippen LogP contribution in [0.2, 0.25) is 0 Å². The number of unbranched alkanes of at least 4 members (excludes halogenated alkanes) is 23. The van der Waals surface area contributed by atoms with Gasteiger partial charge in [0.25, 0.3) is 0 Å². The van der Waals surface area contributed by atoms with Gasteiger partial charge in [-0.3, -0.25) is 14.4 Å². The average molecular weight is 905 g/mol. The molecule has 372 valence electrons. The van der Waals surface area contributed by atoms with E-state index in [2.05, 4.69) is 99.8 Å². The molecule has 0 fully saturated rings.